The second-order valence-electron chi connectivity index (χ2n) is 3.77. The standard InChI is InChI=1S/C13H7ClF3NO/c14-10-3-1-2-8(6-10)12(19)9-4-5-11(18-7-9)13(15,16)17/h1-7H. The Morgan fingerprint density at radius 3 is 2.37 bits per heavy atom. The Balaban J connectivity index is 2.30. The van der Waals surface area contributed by atoms with Crippen molar-refractivity contribution >= 4 is 17.4 Å². The lowest BCUT2D eigenvalue weighted by Crippen LogP contribution is -2.09. The Bertz CT molecular complexity index is 608. The fourth-order valence-electron chi connectivity index (χ4n) is 1.49. The quantitative estimate of drug-likeness (QED) is 0.781. The van der Waals surface area contributed by atoms with Crippen LogP contribution in [0.3, 0.4) is 0 Å². The van der Waals surface area contributed by atoms with Crippen molar-refractivity contribution in [3.63, 3.8) is 0 Å². The number of benzene rings is 1. The molecule has 0 radical (unpaired) electrons. The molecule has 0 fully saturated rings. The Labute approximate surface area is 111 Å². The van der Waals surface area contributed by atoms with Gasteiger partial charge in [0, 0.05) is 22.3 Å². The number of nitrogens with zero attached hydrogens (tertiary/aromatic N) is 1. The molecule has 1 aromatic heterocycles. The van der Waals surface area contributed by atoms with Gasteiger partial charge < -0.3 is 0 Å². The molecule has 0 saturated carbocycles. The fraction of sp³-hybridized carbons (Fsp3) is 0.0769. The highest BCUT2D eigenvalue weighted by Crippen LogP contribution is 2.27. The zero-order chi connectivity index (χ0) is 14.0. The third-order valence-corrected chi connectivity index (χ3v) is 2.64. The average Bonchev–Trinajstić information content (AvgIpc) is 2.37. The van der Waals surface area contributed by atoms with Crippen LogP contribution in [0.2, 0.25) is 5.02 Å². The van der Waals surface area contributed by atoms with E-state index < -0.39 is 17.7 Å². The first-order chi connectivity index (χ1) is 8.88. The van der Waals surface area contributed by atoms with E-state index >= 15 is 0 Å². The van der Waals surface area contributed by atoms with Crippen LogP contribution in [0.25, 0.3) is 0 Å². The molecule has 98 valence electrons. The van der Waals surface area contributed by atoms with Crippen molar-refractivity contribution in [3.05, 3.63) is 64.4 Å². The van der Waals surface area contributed by atoms with Crippen LogP contribution in [0, 0.1) is 0 Å². The molecule has 0 saturated heterocycles. The largest absolute Gasteiger partial charge is 0.433 e. The first kappa shape index (κ1) is 13.5. The van der Waals surface area contributed by atoms with Gasteiger partial charge in [0.25, 0.3) is 0 Å². The van der Waals surface area contributed by atoms with Crippen molar-refractivity contribution in [3.8, 4) is 0 Å². The van der Waals surface area contributed by atoms with E-state index in [1.807, 2.05) is 0 Å². The van der Waals surface area contributed by atoms with Crippen LogP contribution in [0.4, 0.5) is 13.2 Å². The molecule has 1 aromatic carbocycles. The van der Waals surface area contributed by atoms with Crippen LogP contribution in [-0.2, 0) is 6.18 Å². The molecular weight excluding hydrogens is 279 g/mol. The Kier molecular flexibility index (Phi) is 3.57. The lowest BCUT2D eigenvalue weighted by molar-refractivity contribution is -0.141. The van der Waals surface area contributed by atoms with Crippen LogP contribution in [0.15, 0.2) is 42.6 Å². The maximum Gasteiger partial charge on any atom is 0.433 e. The van der Waals surface area contributed by atoms with Gasteiger partial charge in [0.1, 0.15) is 5.69 Å². The van der Waals surface area contributed by atoms with Crippen molar-refractivity contribution in [2.75, 3.05) is 0 Å². The van der Waals surface area contributed by atoms with Crippen molar-refractivity contribution in [2.24, 2.45) is 0 Å². The van der Waals surface area contributed by atoms with Crippen molar-refractivity contribution in [1.82, 2.24) is 4.98 Å². The highest BCUT2D eigenvalue weighted by molar-refractivity contribution is 6.31. The third kappa shape index (κ3) is 3.12. The van der Waals surface area contributed by atoms with Gasteiger partial charge in [-0.2, -0.15) is 13.2 Å². The summed E-state index contributed by atoms with van der Waals surface area (Å²) in [6.45, 7) is 0. The minimum atomic E-state index is -4.52. The molecule has 1 heterocycles. The molecule has 0 spiro atoms. The summed E-state index contributed by atoms with van der Waals surface area (Å²) >= 11 is 5.74. The Hall–Kier alpha value is -1.88. The maximum absolute atomic E-state index is 12.3. The summed E-state index contributed by atoms with van der Waals surface area (Å²) < 4.78 is 37.0. The number of pyridine rings is 1. The van der Waals surface area contributed by atoms with E-state index in [1.54, 1.807) is 12.1 Å². The van der Waals surface area contributed by atoms with Crippen molar-refractivity contribution < 1.29 is 18.0 Å². The number of hydrogen-bond acceptors (Lipinski definition) is 2. The summed E-state index contributed by atoms with van der Waals surface area (Å²) in [5.41, 5.74) is -0.653. The van der Waals surface area contributed by atoms with Crippen molar-refractivity contribution in [1.29, 1.82) is 0 Å². The number of carbonyl (C=O) groups is 1. The highest BCUT2D eigenvalue weighted by atomic mass is 35.5. The van der Waals surface area contributed by atoms with Crippen molar-refractivity contribution in [2.45, 2.75) is 6.18 Å². The molecular formula is C13H7ClF3NO. The number of halogens is 4. The molecule has 2 nitrogen and oxygen atoms in total. The molecule has 0 unspecified atom stereocenters. The minimum absolute atomic E-state index is 0.0790. The monoisotopic (exact) mass is 285 g/mol. The van der Waals surface area contributed by atoms with Gasteiger partial charge in [0.2, 0.25) is 0 Å². The SMILES string of the molecule is O=C(c1ccc(C(F)(F)F)nc1)c1cccc(Cl)c1. The number of aromatic nitrogens is 1. The van der Waals surface area contributed by atoms with E-state index in [1.165, 1.54) is 12.1 Å². The van der Waals surface area contributed by atoms with Gasteiger partial charge in [-0.3, -0.25) is 9.78 Å². The van der Waals surface area contributed by atoms with Gasteiger partial charge in [0.05, 0.1) is 0 Å². The van der Waals surface area contributed by atoms with E-state index in [0.29, 0.717) is 10.6 Å². The summed E-state index contributed by atoms with van der Waals surface area (Å²) in [6, 6.07) is 8.04. The Morgan fingerprint density at radius 2 is 1.84 bits per heavy atom. The molecule has 0 amide bonds. The predicted molar refractivity (Wildman–Crippen MR) is 64.1 cm³/mol. The highest BCUT2D eigenvalue weighted by Gasteiger charge is 2.32. The van der Waals surface area contributed by atoms with Gasteiger partial charge in [0.15, 0.2) is 5.78 Å². The number of hydrogen-bond donors (Lipinski definition) is 0. The summed E-state index contributed by atoms with van der Waals surface area (Å²) in [7, 11) is 0. The van der Waals surface area contributed by atoms with Crippen LogP contribution in [0.5, 0.6) is 0 Å². The van der Waals surface area contributed by atoms with E-state index in [4.69, 9.17) is 11.6 Å². The van der Waals surface area contributed by atoms with Gasteiger partial charge in [-0.25, -0.2) is 0 Å². The predicted octanol–water partition coefficient (Wildman–Crippen LogP) is 3.98. The maximum atomic E-state index is 12.3. The molecule has 0 bridgehead atoms. The molecule has 6 heteroatoms. The summed E-state index contributed by atoms with van der Waals surface area (Å²) in [5, 5.41) is 0.380. The lowest BCUT2D eigenvalue weighted by atomic mass is 10.0. The first-order valence-electron chi connectivity index (χ1n) is 5.21. The second-order valence-corrected chi connectivity index (χ2v) is 4.21. The van der Waals surface area contributed by atoms with Crippen LogP contribution in [-0.4, -0.2) is 10.8 Å². The number of carbonyl (C=O) groups excluding carboxylic acids is 1. The molecule has 0 atom stereocenters. The van der Waals surface area contributed by atoms with E-state index in [-0.39, 0.29) is 5.56 Å². The van der Waals surface area contributed by atoms with E-state index in [9.17, 15) is 18.0 Å². The fourth-order valence-corrected chi connectivity index (χ4v) is 1.68. The smallest absolute Gasteiger partial charge is 0.289 e. The Morgan fingerprint density at radius 1 is 1.11 bits per heavy atom. The van der Waals surface area contributed by atoms with Crippen LogP contribution in [0.1, 0.15) is 21.6 Å². The zero-order valence-electron chi connectivity index (χ0n) is 9.41. The van der Waals surface area contributed by atoms with Gasteiger partial charge in [-0.05, 0) is 24.3 Å². The minimum Gasteiger partial charge on any atom is -0.289 e. The molecule has 19 heavy (non-hydrogen) atoms. The molecule has 0 aliphatic rings. The molecule has 2 aromatic rings. The normalized spacial score (nSPS) is 11.4. The molecule has 0 aliphatic carbocycles. The van der Waals surface area contributed by atoms with E-state index in [2.05, 4.69) is 4.98 Å². The molecule has 2 rings (SSSR count). The number of rotatable bonds is 2. The number of alkyl halides is 3. The molecule has 0 aliphatic heterocycles. The topological polar surface area (TPSA) is 30.0 Å². The van der Waals surface area contributed by atoms with Gasteiger partial charge in [-0.15, -0.1) is 0 Å². The summed E-state index contributed by atoms with van der Waals surface area (Å²) in [4.78, 5) is 15.2. The van der Waals surface area contributed by atoms with Gasteiger partial charge in [-0.1, -0.05) is 23.7 Å². The summed E-state index contributed by atoms with van der Waals surface area (Å²) in [5.74, 6) is -0.427. The van der Waals surface area contributed by atoms with E-state index in [0.717, 1.165) is 18.3 Å². The lowest BCUT2D eigenvalue weighted by Gasteiger charge is -2.06. The average molecular weight is 286 g/mol. The summed E-state index contributed by atoms with van der Waals surface area (Å²) in [6.07, 6.45) is -3.61. The second kappa shape index (κ2) is 5.01. The van der Waals surface area contributed by atoms with Crippen LogP contribution < -0.4 is 0 Å². The van der Waals surface area contributed by atoms with Gasteiger partial charge >= 0.3 is 6.18 Å². The van der Waals surface area contributed by atoms with Crippen LogP contribution >= 0.6 is 11.6 Å². The zero-order valence-corrected chi connectivity index (χ0v) is 10.2. The number of ketones is 1. The first-order valence-corrected chi connectivity index (χ1v) is 5.59. The third-order valence-electron chi connectivity index (χ3n) is 2.40. The molecule has 0 N–H and O–H groups in total.